The first-order chi connectivity index (χ1) is 10.8. The highest BCUT2D eigenvalue weighted by Crippen LogP contribution is 2.61. The van der Waals surface area contributed by atoms with Crippen LogP contribution in [-0.4, -0.2) is 25.2 Å². The third-order valence-corrected chi connectivity index (χ3v) is 4.42. The molecule has 126 valence electrons. The van der Waals surface area contributed by atoms with Crippen LogP contribution in [0, 0.1) is 5.41 Å². The summed E-state index contributed by atoms with van der Waals surface area (Å²) in [6.45, 7) is 10.5. The van der Waals surface area contributed by atoms with E-state index in [-0.39, 0.29) is 24.5 Å². The van der Waals surface area contributed by atoms with E-state index in [9.17, 15) is 9.59 Å². The molecule has 0 N–H and O–H groups in total. The summed E-state index contributed by atoms with van der Waals surface area (Å²) in [5.74, 6) is -1.10. The Kier molecular flexibility index (Phi) is 4.83. The van der Waals surface area contributed by atoms with E-state index in [1.54, 1.807) is 13.8 Å². The van der Waals surface area contributed by atoms with E-state index in [0.717, 1.165) is 5.56 Å². The average Bonchev–Trinajstić information content (AvgIpc) is 3.24. The monoisotopic (exact) mass is 318 g/mol. The second kappa shape index (κ2) is 6.34. The van der Waals surface area contributed by atoms with Crippen molar-refractivity contribution >= 4 is 11.9 Å². The molecule has 0 heterocycles. The lowest BCUT2D eigenvalue weighted by atomic mass is 9.86. The molecule has 0 aromatic heterocycles. The molecule has 1 fully saturated rings. The highest BCUT2D eigenvalue weighted by molar-refractivity contribution is 6.05. The van der Waals surface area contributed by atoms with Gasteiger partial charge in [-0.3, -0.25) is 9.59 Å². The molecule has 2 rings (SSSR count). The Labute approximate surface area is 138 Å². The van der Waals surface area contributed by atoms with Crippen LogP contribution in [0.1, 0.15) is 58.1 Å². The predicted molar refractivity (Wildman–Crippen MR) is 88.2 cm³/mol. The summed E-state index contributed by atoms with van der Waals surface area (Å²) in [4.78, 5) is 24.7. The third-order valence-electron chi connectivity index (χ3n) is 4.42. The van der Waals surface area contributed by atoms with Crippen molar-refractivity contribution < 1.29 is 19.1 Å². The van der Waals surface area contributed by atoms with Crippen LogP contribution in [0.2, 0.25) is 0 Å². The third kappa shape index (κ3) is 3.26. The van der Waals surface area contributed by atoms with Gasteiger partial charge >= 0.3 is 11.9 Å². The summed E-state index contributed by atoms with van der Waals surface area (Å²) < 4.78 is 10.3. The molecule has 1 unspecified atom stereocenters. The largest absolute Gasteiger partial charge is 0.465 e. The molecule has 1 atom stereocenters. The maximum atomic E-state index is 12.3. The van der Waals surface area contributed by atoms with Crippen LogP contribution in [0.25, 0.3) is 0 Å². The Morgan fingerprint density at radius 3 is 1.91 bits per heavy atom. The Bertz CT molecular complexity index is 562. The second-order valence-corrected chi connectivity index (χ2v) is 7.04. The van der Waals surface area contributed by atoms with Crippen LogP contribution >= 0.6 is 0 Å². The summed E-state index contributed by atoms with van der Waals surface area (Å²) >= 11 is 0. The van der Waals surface area contributed by atoms with Gasteiger partial charge in [0, 0.05) is 5.92 Å². The standard InChI is InChI=1S/C19H26O4/c1-6-22-16(20)19(17(21)23-7-2)12-15(19)13-8-10-14(11-9-13)18(3,4)5/h8-11,15H,6-7,12H2,1-5H3. The minimum absolute atomic E-state index is 0.0709. The predicted octanol–water partition coefficient (Wildman–Crippen LogP) is 3.58. The van der Waals surface area contributed by atoms with E-state index >= 15 is 0 Å². The zero-order valence-corrected chi connectivity index (χ0v) is 14.6. The molecule has 0 aliphatic heterocycles. The fourth-order valence-corrected chi connectivity index (χ4v) is 2.94. The Morgan fingerprint density at radius 1 is 1.04 bits per heavy atom. The number of benzene rings is 1. The Hall–Kier alpha value is -1.84. The van der Waals surface area contributed by atoms with Crippen molar-refractivity contribution in [1.82, 2.24) is 0 Å². The van der Waals surface area contributed by atoms with E-state index in [4.69, 9.17) is 9.47 Å². The molecular weight excluding hydrogens is 292 g/mol. The molecule has 1 aromatic rings. The zero-order chi connectivity index (χ0) is 17.3. The number of rotatable bonds is 5. The minimum atomic E-state index is -1.16. The van der Waals surface area contributed by atoms with Crippen LogP contribution in [0.5, 0.6) is 0 Å². The number of esters is 2. The van der Waals surface area contributed by atoms with Crippen molar-refractivity contribution in [2.24, 2.45) is 5.41 Å². The van der Waals surface area contributed by atoms with Gasteiger partial charge in [0.2, 0.25) is 0 Å². The van der Waals surface area contributed by atoms with Crippen LogP contribution < -0.4 is 0 Å². The van der Waals surface area contributed by atoms with E-state index in [1.165, 1.54) is 5.56 Å². The molecule has 4 nitrogen and oxygen atoms in total. The van der Waals surface area contributed by atoms with Crippen LogP contribution in [0.15, 0.2) is 24.3 Å². The lowest BCUT2D eigenvalue weighted by Crippen LogP contribution is -2.31. The van der Waals surface area contributed by atoms with Gasteiger partial charge in [0.15, 0.2) is 5.41 Å². The van der Waals surface area contributed by atoms with Crippen molar-refractivity contribution in [1.29, 1.82) is 0 Å². The van der Waals surface area contributed by atoms with E-state index in [0.29, 0.717) is 6.42 Å². The van der Waals surface area contributed by atoms with Crippen molar-refractivity contribution in [3.8, 4) is 0 Å². The lowest BCUT2D eigenvalue weighted by molar-refractivity contribution is -0.164. The minimum Gasteiger partial charge on any atom is -0.465 e. The van der Waals surface area contributed by atoms with Gasteiger partial charge in [0.25, 0.3) is 0 Å². The lowest BCUT2D eigenvalue weighted by Gasteiger charge is -2.19. The summed E-state index contributed by atoms with van der Waals surface area (Å²) in [5, 5.41) is 0. The number of carbonyl (C=O) groups excluding carboxylic acids is 2. The summed E-state index contributed by atoms with van der Waals surface area (Å²) in [5.41, 5.74) is 1.12. The van der Waals surface area contributed by atoms with E-state index < -0.39 is 17.4 Å². The molecule has 0 amide bonds. The van der Waals surface area contributed by atoms with Gasteiger partial charge in [0.1, 0.15) is 0 Å². The molecular formula is C19H26O4. The summed E-state index contributed by atoms with van der Waals surface area (Å²) in [7, 11) is 0. The number of hydrogen-bond donors (Lipinski definition) is 0. The van der Waals surface area contributed by atoms with Crippen molar-refractivity contribution in [3.63, 3.8) is 0 Å². The van der Waals surface area contributed by atoms with Gasteiger partial charge in [-0.05, 0) is 36.8 Å². The highest BCUT2D eigenvalue weighted by atomic mass is 16.6. The molecule has 1 aliphatic carbocycles. The van der Waals surface area contributed by atoms with Gasteiger partial charge in [-0.25, -0.2) is 0 Å². The van der Waals surface area contributed by atoms with Crippen molar-refractivity contribution in [2.75, 3.05) is 13.2 Å². The normalized spacial score (nSPS) is 19.1. The van der Waals surface area contributed by atoms with Gasteiger partial charge in [-0.15, -0.1) is 0 Å². The molecule has 0 spiro atoms. The van der Waals surface area contributed by atoms with Crippen LogP contribution in [0.4, 0.5) is 0 Å². The van der Waals surface area contributed by atoms with E-state index in [1.807, 2.05) is 12.1 Å². The fraction of sp³-hybridized carbons (Fsp3) is 0.579. The van der Waals surface area contributed by atoms with Crippen LogP contribution in [0.3, 0.4) is 0 Å². The SMILES string of the molecule is CCOC(=O)C1(C(=O)OCC)CC1c1ccc(C(C)(C)C)cc1. The molecule has 1 aliphatic rings. The zero-order valence-electron chi connectivity index (χ0n) is 14.6. The molecule has 4 heteroatoms. The maximum Gasteiger partial charge on any atom is 0.324 e. The molecule has 0 bridgehead atoms. The maximum absolute atomic E-state index is 12.3. The first-order valence-corrected chi connectivity index (χ1v) is 8.22. The molecule has 1 aromatic carbocycles. The highest BCUT2D eigenvalue weighted by Gasteiger charge is 2.68. The fourth-order valence-electron chi connectivity index (χ4n) is 2.94. The summed E-state index contributed by atoms with van der Waals surface area (Å²) in [6, 6.07) is 8.14. The number of hydrogen-bond acceptors (Lipinski definition) is 4. The van der Waals surface area contributed by atoms with Gasteiger partial charge < -0.3 is 9.47 Å². The smallest absolute Gasteiger partial charge is 0.324 e. The Morgan fingerprint density at radius 2 is 1.52 bits per heavy atom. The molecule has 0 saturated heterocycles. The van der Waals surface area contributed by atoms with E-state index in [2.05, 4.69) is 32.9 Å². The van der Waals surface area contributed by atoms with Crippen molar-refractivity contribution in [2.45, 2.75) is 52.4 Å². The topological polar surface area (TPSA) is 52.6 Å². The quantitative estimate of drug-likeness (QED) is 0.615. The first kappa shape index (κ1) is 17.5. The first-order valence-electron chi connectivity index (χ1n) is 8.22. The van der Waals surface area contributed by atoms with Gasteiger partial charge in [-0.1, -0.05) is 45.0 Å². The average molecular weight is 318 g/mol. The van der Waals surface area contributed by atoms with Crippen LogP contribution in [-0.2, 0) is 24.5 Å². The summed E-state index contributed by atoms with van der Waals surface area (Å²) in [6.07, 6.45) is 0.458. The molecule has 0 radical (unpaired) electrons. The molecule has 1 saturated carbocycles. The van der Waals surface area contributed by atoms with Crippen molar-refractivity contribution in [3.05, 3.63) is 35.4 Å². The Balaban J connectivity index is 2.26. The number of ether oxygens (including phenoxy) is 2. The second-order valence-electron chi connectivity index (χ2n) is 7.04. The van der Waals surface area contributed by atoms with Gasteiger partial charge in [0.05, 0.1) is 13.2 Å². The number of carbonyl (C=O) groups is 2. The molecule has 23 heavy (non-hydrogen) atoms. The van der Waals surface area contributed by atoms with Gasteiger partial charge in [-0.2, -0.15) is 0 Å².